The molecule has 0 spiro atoms. The summed E-state index contributed by atoms with van der Waals surface area (Å²) in [5.74, 6) is -2.22. The Kier molecular flexibility index (Phi) is 6.63. The minimum atomic E-state index is -4.92. The van der Waals surface area contributed by atoms with Crippen molar-refractivity contribution in [1.82, 2.24) is 9.55 Å². The molecule has 0 saturated carbocycles. The van der Waals surface area contributed by atoms with Gasteiger partial charge in [-0.3, -0.25) is 4.57 Å². The summed E-state index contributed by atoms with van der Waals surface area (Å²) >= 11 is 0.703. The van der Waals surface area contributed by atoms with E-state index in [0.29, 0.717) is 29.6 Å². The van der Waals surface area contributed by atoms with Crippen LogP contribution < -0.4 is 0 Å². The molecule has 3 rings (SSSR count). The van der Waals surface area contributed by atoms with Gasteiger partial charge < -0.3 is 4.74 Å². The number of hydrogen-bond acceptors (Lipinski definition) is 4. The molecule has 11 heteroatoms. The Labute approximate surface area is 176 Å². The van der Waals surface area contributed by atoms with Crippen molar-refractivity contribution in [2.75, 3.05) is 5.75 Å². The van der Waals surface area contributed by atoms with Gasteiger partial charge in [0, 0.05) is 23.8 Å². The Morgan fingerprint density at radius 1 is 1.03 bits per heavy atom. The first-order chi connectivity index (χ1) is 14.6. The van der Waals surface area contributed by atoms with Crippen LogP contribution in [0.2, 0.25) is 0 Å². The van der Waals surface area contributed by atoms with Gasteiger partial charge in [-0.2, -0.15) is 26.3 Å². The number of benzene rings is 2. The summed E-state index contributed by atoms with van der Waals surface area (Å²) in [6.45, 7) is 0. The maximum atomic E-state index is 13.4. The number of ether oxygens (including phenoxy) is 1. The van der Waals surface area contributed by atoms with E-state index in [1.807, 2.05) is 0 Å². The van der Waals surface area contributed by atoms with Crippen molar-refractivity contribution in [3.8, 4) is 5.69 Å². The maximum Gasteiger partial charge on any atom is 0.426 e. The van der Waals surface area contributed by atoms with Crippen LogP contribution in [-0.4, -0.2) is 33.6 Å². The molecule has 1 heterocycles. The van der Waals surface area contributed by atoms with Gasteiger partial charge in [0.1, 0.15) is 0 Å². The van der Waals surface area contributed by atoms with E-state index in [-0.39, 0.29) is 5.16 Å². The molecule has 1 atom stereocenters. The number of carbonyl (C=O) groups is 1. The van der Waals surface area contributed by atoms with Gasteiger partial charge >= 0.3 is 18.3 Å². The molecule has 0 radical (unpaired) electrons. The van der Waals surface area contributed by atoms with Crippen LogP contribution in [0.15, 0.2) is 72.1 Å². The summed E-state index contributed by atoms with van der Waals surface area (Å²) in [7, 11) is 0. The SMILES string of the molecule is O=C(O[C@@H](CSc1nccn1-c1ccccc1)C(F)(F)F)c1cccc(C(F)(F)F)c1. The lowest BCUT2D eigenvalue weighted by molar-refractivity contribution is -0.196. The molecule has 0 amide bonds. The molecule has 4 nitrogen and oxygen atoms in total. The third-order valence-corrected chi connectivity index (χ3v) is 5.07. The number of esters is 1. The Morgan fingerprint density at radius 2 is 1.74 bits per heavy atom. The van der Waals surface area contributed by atoms with E-state index in [9.17, 15) is 31.1 Å². The second kappa shape index (κ2) is 9.04. The minimum absolute atomic E-state index is 0.232. The lowest BCUT2D eigenvalue weighted by Crippen LogP contribution is -2.36. The topological polar surface area (TPSA) is 44.1 Å². The van der Waals surface area contributed by atoms with Gasteiger partial charge in [0.05, 0.1) is 11.1 Å². The van der Waals surface area contributed by atoms with Crippen LogP contribution in [0.25, 0.3) is 5.69 Å². The van der Waals surface area contributed by atoms with Crippen LogP contribution in [0, 0.1) is 0 Å². The Balaban J connectivity index is 1.74. The van der Waals surface area contributed by atoms with E-state index >= 15 is 0 Å². The summed E-state index contributed by atoms with van der Waals surface area (Å²) < 4.78 is 84.7. The standard InChI is InChI=1S/C20H14F6N2O2S/c21-19(22,23)14-6-4-5-13(11-14)17(29)30-16(20(24,25)26)12-31-18-27-9-10-28(18)15-7-2-1-3-8-15/h1-11,16H,12H2/t16-/m0/s1. The molecule has 0 bridgehead atoms. The number of halogens is 6. The average molecular weight is 460 g/mol. The molecular weight excluding hydrogens is 446 g/mol. The van der Waals surface area contributed by atoms with Crippen molar-refractivity contribution >= 4 is 17.7 Å². The van der Waals surface area contributed by atoms with E-state index in [1.165, 1.54) is 6.20 Å². The van der Waals surface area contributed by atoms with Crippen LogP contribution in [0.1, 0.15) is 15.9 Å². The highest BCUT2D eigenvalue weighted by Crippen LogP contribution is 2.32. The first-order valence-corrected chi connectivity index (χ1v) is 9.71. The smallest absolute Gasteiger partial charge is 0.426 e. The predicted octanol–water partition coefficient (Wildman–Crippen LogP) is 5.77. The fraction of sp³-hybridized carbons (Fsp3) is 0.200. The molecule has 1 aromatic heterocycles. The average Bonchev–Trinajstić information content (AvgIpc) is 3.19. The quantitative estimate of drug-likeness (QED) is 0.266. The number of imidazole rings is 1. The van der Waals surface area contributed by atoms with Crippen molar-refractivity contribution in [2.24, 2.45) is 0 Å². The highest BCUT2D eigenvalue weighted by molar-refractivity contribution is 7.99. The lowest BCUT2D eigenvalue weighted by atomic mass is 10.1. The van der Waals surface area contributed by atoms with Gasteiger partial charge in [0.2, 0.25) is 6.10 Å². The van der Waals surface area contributed by atoms with Gasteiger partial charge in [0.25, 0.3) is 0 Å². The number of para-hydroxylation sites is 1. The zero-order valence-electron chi connectivity index (χ0n) is 15.5. The molecule has 0 fully saturated rings. The van der Waals surface area contributed by atoms with Crippen LogP contribution in [-0.2, 0) is 10.9 Å². The lowest BCUT2D eigenvalue weighted by Gasteiger charge is -2.20. The first-order valence-electron chi connectivity index (χ1n) is 8.72. The predicted molar refractivity (Wildman–Crippen MR) is 101 cm³/mol. The largest absolute Gasteiger partial charge is 0.448 e. The van der Waals surface area contributed by atoms with Gasteiger partial charge in [-0.1, -0.05) is 36.0 Å². The summed E-state index contributed by atoms with van der Waals surface area (Å²) in [4.78, 5) is 16.1. The minimum Gasteiger partial charge on any atom is -0.448 e. The fourth-order valence-electron chi connectivity index (χ4n) is 2.55. The zero-order valence-corrected chi connectivity index (χ0v) is 16.3. The fourth-order valence-corrected chi connectivity index (χ4v) is 3.55. The second-order valence-corrected chi connectivity index (χ2v) is 7.23. The maximum absolute atomic E-state index is 13.4. The summed E-state index contributed by atoms with van der Waals surface area (Å²) in [5.41, 5.74) is -1.11. The molecule has 0 N–H and O–H groups in total. The number of aromatic nitrogens is 2. The van der Waals surface area contributed by atoms with Gasteiger partial charge in [-0.15, -0.1) is 0 Å². The number of nitrogens with zero attached hydrogens (tertiary/aromatic N) is 2. The van der Waals surface area contributed by atoms with Gasteiger partial charge in [-0.25, -0.2) is 9.78 Å². The molecule has 31 heavy (non-hydrogen) atoms. The monoisotopic (exact) mass is 460 g/mol. The van der Waals surface area contributed by atoms with Crippen LogP contribution in [0.4, 0.5) is 26.3 Å². The molecule has 0 saturated heterocycles. The molecule has 0 aliphatic heterocycles. The Morgan fingerprint density at radius 3 is 2.39 bits per heavy atom. The third-order valence-electron chi connectivity index (χ3n) is 4.04. The number of hydrogen-bond donors (Lipinski definition) is 0. The van der Waals surface area contributed by atoms with E-state index < -0.39 is 41.3 Å². The second-order valence-electron chi connectivity index (χ2n) is 6.24. The number of carbonyl (C=O) groups excluding carboxylic acids is 1. The molecule has 3 aromatic rings. The molecule has 2 aromatic carbocycles. The van der Waals surface area contributed by atoms with E-state index in [1.54, 1.807) is 41.1 Å². The Bertz CT molecular complexity index is 1030. The van der Waals surface area contributed by atoms with E-state index in [0.717, 1.165) is 12.1 Å². The van der Waals surface area contributed by atoms with Crippen LogP contribution >= 0.6 is 11.8 Å². The van der Waals surface area contributed by atoms with Gasteiger partial charge in [0.15, 0.2) is 5.16 Å². The molecular formula is C20H14F6N2O2S. The molecule has 0 aliphatic rings. The Hall–Kier alpha value is -2.95. The van der Waals surface area contributed by atoms with E-state index in [4.69, 9.17) is 0 Å². The number of thioether (sulfide) groups is 1. The van der Waals surface area contributed by atoms with Crippen molar-refractivity contribution in [1.29, 1.82) is 0 Å². The third kappa shape index (κ3) is 5.81. The normalized spacial score (nSPS) is 13.1. The van der Waals surface area contributed by atoms with E-state index in [2.05, 4.69) is 9.72 Å². The molecule has 0 unspecified atom stereocenters. The van der Waals surface area contributed by atoms with Crippen molar-refractivity contribution < 1.29 is 35.9 Å². The van der Waals surface area contributed by atoms with Crippen molar-refractivity contribution in [2.45, 2.75) is 23.6 Å². The molecule has 0 aliphatic carbocycles. The molecule has 164 valence electrons. The zero-order chi connectivity index (χ0) is 22.6. The summed E-state index contributed by atoms with van der Waals surface area (Å²) in [6, 6.07) is 11.8. The van der Waals surface area contributed by atoms with Crippen molar-refractivity contribution in [3.05, 3.63) is 78.1 Å². The summed E-state index contributed by atoms with van der Waals surface area (Å²) in [6.07, 6.45) is -9.24. The van der Waals surface area contributed by atoms with Gasteiger partial charge in [-0.05, 0) is 30.3 Å². The number of rotatable bonds is 6. The number of alkyl halides is 6. The summed E-state index contributed by atoms with van der Waals surface area (Å²) in [5, 5.41) is 0.232. The highest BCUT2D eigenvalue weighted by Gasteiger charge is 2.43. The highest BCUT2D eigenvalue weighted by atomic mass is 32.2. The van der Waals surface area contributed by atoms with Crippen molar-refractivity contribution in [3.63, 3.8) is 0 Å². The first kappa shape index (κ1) is 22.7. The van der Waals surface area contributed by atoms with Crippen LogP contribution in [0.5, 0.6) is 0 Å². The van der Waals surface area contributed by atoms with Crippen LogP contribution in [0.3, 0.4) is 0 Å².